The molecule has 3 atom stereocenters. The first kappa shape index (κ1) is 19.4. The average molecular weight is 419 g/mol. The Bertz CT molecular complexity index is 1080. The van der Waals surface area contributed by atoms with Gasteiger partial charge < -0.3 is 29.0 Å². The first-order valence-electron chi connectivity index (χ1n) is 10.3. The molecule has 0 aliphatic carbocycles. The molecule has 3 aromatic carbocycles. The first-order valence-corrected chi connectivity index (χ1v) is 10.3. The van der Waals surface area contributed by atoms with Gasteiger partial charge in [0, 0.05) is 34.7 Å². The fourth-order valence-electron chi connectivity index (χ4n) is 4.45. The normalized spacial score (nSPS) is 21.1. The smallest absolute Gasteiger partial charge is 0.231 e. The van der Waals surface area contributed by atoms with E-state index < -0.39 is 0 Å². The second-order valence-corrected chi connectivity index (χ2v) is 7.71. The maximum Gasteiger partial charge on any atom is 0.231 e. The number of fused-ring (bicyclic) bond motifs is 2. The van der Waals surface area contributed by atoms with Crippen LogP contribution in [0.25, 0.3) is 0 Å². The third-order valence-electron chi connectivity index (χ3n) is 5.95. The Hall–Kier alpha value is -3.54. The highest BCUT2D eigenvalue weighted by atomic mass is 16.7. The van der Waals surface area contributed by atoms with E-state index in [0.717, 1.165) is 34.1 Å². The first-order chi connectivity index (χ1) is 15.2. The molecule has 0 saturated heterocycles. The third-order valence-corrected chi connectivity index (χ3v) is 5.95. The number of hydrogen-bond donors (Lipinski definition) is 1. The van der Waals surface area contributed by atoms with E-state index in [2.05, 4.69) is 18.3 Å². The zero-order valence-corrected chi connectivity index (χ0v) is 17.8. The van der Waals surface area contributed by atoms with Crippen molar-refractivity contribution in [1.29, 1.82) is 0 Å². The van der Waals surface area contributed by atoms with Gasteiger partial charge in [-0.15, -0.1) is 0 Å². The largest absolute Gasteiger partial charge is 0.493 e. The van der Waals surface area contributed by atoms with Crippen molar-refractivity contribution in [3.05, 3.63) is 71.8 Å². The number of methoxy groups -OCH3 is 2. The predicted octanol–water partition coefficient (Wildman–Crippen LogP) is 5.03. The van der Waals surface area contributed by atoms with Crippen LogP contribution in [0.3, 0.4) is 0 Å². The van der Waals surface area contributed by atoms with E-state index in [-0.39, 0.29) is 24.9 Å². The molecule has 0 bridgehead atoms. The van der Waals surface area contributed by atoms with Gasteiger partial charge in [-0.3, -0.25) is 0 Å². The van der Waals surface area contributed by atoms with E-state index in [1.807, 2.05) is 54.6 Å². The molecule has 0 aromatic heterocycles. The van der Waals surface area contributed by atoms with Crippen molar-refractivity contribution in [2.45, 2.75) is 19.1 Å². The molecule has 2 aliphatic heterocycles. The Morgan fingerprint density at radius 3 is 2.35 bits per heavy atom. The lowest BCUT2D eigenvalue weighted by Crippen LogP contribution is -2.40. The number of hydrogen-bond acceptors (Lipinski definition) is 6. The molecule has 0 amide bonds. The van der Waals surface area contributed by atoms with Crippen LogP contribution in [0.4, 0.5) is 5.69 Å². The molecule has 2 aliphatic rings. The summed E-state index contributed by atoms with van der Waals surface area (Å²) in [6.07, 6.45) is -0.254. The lowest BCUT2D eigenvalue weighted by Gasteiger charge is -2.39. The number of nitrogens with one attached hydrogen (secondary N) is 1. The van der Waals surface area contributed by atoms with Gasteiger partial charge in [0.15, 0.2) is 29.2 Å². The highest BCUT2D eigenvalue weighted by molar-refractivity contribution is 5.60. The van der Waals surface area contributed by atoms with Gasteiger partial charge in [0.05, 0.1) is 14.2 Å². The molecule has 31 heavy (non-hydrogen) atoms. The van der Waals surface area contributed by atoms with Gasteiger partial charge in [0.25, 0.3) is 0 Å². The molecule has 0 spiro atoms. The quantitative estimate of drug-likeness (QED) is 0.626. The van der Waals surface area contributed by atoms with E-state index in [0.29, 0.717) is 11.5 Å². The van der Waals surface area contributed by atoms with Crippen molar-refractivity contribution in [3.8, 4) is 28.7 Å². The molecule has 0 radical (unpaired) electrons. The SMILES string of the molecule is COc1cccc([C@H]2c3cc4c(cc3OC(Nc3ccccc3)[C@@H]2C)OCO4)c1OC. The summed E-state index contributed by atoms with van der Waals surface area (Å²) in [5, 5.41) is 3.54. The molecule has 6 nitrogen and oxygen atoms in total. The summed E-state index contributed by atoms with van der Waals surface area (Å²) in [4.78, 5) is 0. The van der Waals surface area contributed by atoms with Crippen LogP contribution < -0.4 is 29.0 Å². The summed E-state index contributed by atoms with van der Waals surface area (Å²) in [7, 11) is 3.33. The van der Waals surface area contributed by atoms with Gasteiger partial charge in [-0.25, -0.2) is 0 Å². The molecular weight excluding hydrogens is 394 g/mol. The summed E-state index contributed by atoms with van der Waals surface area (Å²) >= 11 is 0. The topological polar surface area (TPSA) is 58.2 Å². The number of rotatable bonds is 5. The molecule has 160 valence electrons. The van der Waals surface area contributed by atoms with Gasteiger partial charge in [-0.2, -0.15) is 0 Å². The van der Waals surface area contributed by atoms with E-state index in [1.165, 1.54) is 0 Å². The van der Waals surface area contributed by atoms with Gasteiger partial charge >= 0.3 is 0 Å². The molecule has 1 unspecified atom stereocenters. The maximum atomic E-state index is 6.44. The minimum atomic E-state index is -0.254. The van der Waals surface area contributed by atoms with Crippen molar-refractivity contribution < 1.29 is 23.7 Å². The van der Waals surface area contributed by atoms with Crippen molar-refractivity contribution >= 4 is 5.69 Å². The molecule has 2 heterocycles. The number of ether oxygens (including phenoxy) is 5. The van der Waals surface area contributed by atoms with Crippen LogP contribution in [0.5, 0.6) is 28.7 Å². The van der Waals surface area contributed by atoms with E-state index in [1.54, 1.807) is 14.2 Å². The molecule has 0 saturated carbocycles. The Kier molecular flexibility index (Phi) is 4.98. The Morgan fingerprint density at radius 2 is 1.61 bits per heavy atom. The fraction of sp³-hybridized carbons (Fsp3) is 0.280. The Balaban J connectivity index is 1.63. The molecule has 1 N–H and O–H groups in total. The summed E-state index contributed by atoms with van der Waals surface area (Å²) in [6.45, 7) is 2.39. The van der Waals surface area contributed by atoms with Crippen LogP contribution in [0.15, 0.2) is 60.7 Å². The predicted molar refractivity (Wildman–Crippen MR) is 118 cm³/mol. The zero-order valence-electron chi connectivity index (χ0n) is 17.8. The number of para-hydroxylation sites is 2. The van der Waals surface area contributed by atoms with Crippen molar-refractivity contribution in [3.63, 3.8) is 0 Å². The zero-order chi connectivity index (χ0) is 21.4. The monoisotopic (exact) mass is 419 g/mol. The highest BCUT2D eigenvalue weighted by Crippen LogP contribution is 2.51. The van der Waals surface area contributed by atoms with Crippen LogP contribution in [-0.2, 0) is 0 Å². The second kappa shape index (κ2) is 7.95. The van der Waals surface area contributed by atoms with Crippen LogP contribution in [0.1, 0.15) is 24.0 Å². The molecule has 3 aromatic rings. The van der Waals surface area contributed by atoms with Crippen molar-refractivity contribution in [2.75, 3.05) is 26.3 Å². The lowest BCUT2D eigenvalue weighted by molar-refractivity contribution is 0.133. The van der Waals surface area contributed by atoms with E-state index >= 15 is 0 Å². The second-order valence-electron chi connectivity index (χ2n) is 7.71. The molecule has 5 rings (SSSR count). The van der Waals surface area contributed by atoms with E-state index in [4.69, 9.17) is 23.7 Å². The number of benzene rings is 3. The average Bonchev–Trinajstić information content (AvgIpc) is 3.26. The van der Waals surface area contributed by atoms with Crippen LogP contribution in [0, 0.1) is 5.92 Å². The maximum absolute atomic E-state index is 6.44. The Morgan fingerprint density at radius 1 is 0.839 bits per heavy atom. The minimum Gasteiger partial charge on any atom is -0.493 e. The van der Waals surface area contributed by atoms with Crippen molar-refractivity contribution in [1.82, 2.24) is 0 Å². The van der Waals surface area contributed by atoms with Gasteiger partial charge in [0.2, 0.25) is 6.79 Å². The van der Waals surface area contributed by atoms with Crippen molar-refractivity contribution in [2.24, 2.45) is 5.92 Å². The van der Waals surface area contributed by atoms with Crippen LogP contribution >= 0.6 is 0 Å². The van der Waals surface area contributed by atoms with E-state index in [9.17, 15) is 0 Å². The highest BCUT2D eigenvalue weighted by Gasteiger charge is 2.40. The minimum absolute atomic E-state index is 0.00971. The van der Waals surface area contributed by atoms with Gasteiger partial charge in [-0.1, -0.05) is 37.3 Å². The third kappa shape index (κ3) is 3.38. The summed E-state index contributed by atoms with van der Waals surface area (Å²) < 4.78 is 29.1. The lowest BCUT2D eigenvalue weighted by atomic mass is 9.78. The Labute approximate surface area is 181 Å². The fourth-order valence-corrected chi connectivity index (χ4v) is 4.45. The molecular formula is C25H25NO5. The van der Waals surface area contributed by atoms with Crippen LogP contribution in [-0.4, -0.2) is 27.2 Å². The molecule has 6 heteroatoms. The standard InChI is InChI=1S/C25H25NO5/c1-15-23(17-10-7-11-19(27-2)24(17)28-3)18-12-21-22(30-14-29-21)13-20(18)31-25(15)26-16-8-5-4-6-9-16/h4-13,15,23,25-26H,14H2,1-3H3/t15-,23+,25?/m1/s1. The van der Waals surface area contributed by atoms with Crippen LogP contribution in [0.2, 0.25) is 0 Å². The van der Waals surface area contributed by atoms with Gasteiger partial charge in [0.1, 0.15) is 5.75 Å². The summed E-state index contributed by atoms with van der Waals surface area (Å²) in [5.74, 6) is 3.70. The summed E-state index contributed by atoms with van der Waals surface area (Å²) in [5.41, 5.74) is 3.08. The number of anilines is 1. The van der Waals surface area contributed by atoms with Gasteiger partial charge in [-0.05, 0) is 24.3 Å². The molecule has 0 fully saturated rings. The summed E-state index contributed by atoms with van der Waals surface area (Å²) in [6, 6.07) is 20.0.